The Morgan fingerprint density at radius 3 is 2.22 bits per heavy atom. The molecule has 11 heteroatoms. The van der Waals surface area contributed by atoms with Crippen molar-refractivity contribution >= 4 is 43.2 Å². The SMILES string of the molecule is C[N+](CCCCS(=O)(=O)O)=C(C=CC1=C(Cl)C(=CC=C2N(CCCCS(=O)(=O)O)c3ccccc3C2(C)C)CCC1)C(C)(C)C. The van der Waals surface area contributed by atoms with E-state index in [1.54, 1.807) is 0 Å². The van der Waals surface area contributed by atoms with Gasteiger partial charge in [-0.2, -0.15) is 16.8 Å². The lowest BCUT2D eigenvalue weighted by Crippen LogP contribution is -2.29. The molecule has 2 N–H and O–H groups in total. The maximum atomic E-state index is 11.2. The first-order chi connectivity index (χ1) is 20.8. The molecular formula is C34H50ClN2O6S2+. The molecular weight excluding hydrogens is 632 g/mol. The van der Waals surface area contributed by atoms with Gasteiger partial charge < -0.3 is 4.90 Å². The molecule has 3 rings (SSSR count). The summed E-state index contributed by atoms with van der Waals surface area (Å²) in [7, 11) is -5.94. The standard InChI is InChI=1S/C34H49ClN2O6S2/c1-33(2,3)30(36(6)22-9-11-24-44(38,39)40)20-18-26-14-13-15-27(32(26)35)19-21-31-34(4,5)28-16-7-8-17-29(28)37(31)23-10-12-25-45(41,42)43/h7-8,16-21H,9-15,22-25H2,1-6H3,(H-,38,39,40,41,42,43)/p+1. The quantitative estimate of drug-likeness (QED) is 0.0972. The lowest BCUT2D eigenvalue weighted by molar-refractivity contribution is -0.500. The van der Waals surface area contributed by atoms with Gasteiger partial charge in [-0.05, 0) is 67.4 Å². The zero-order valence-corrected chi connectivity index (χ0v) is 29.9. The van der Waals surface area contributed by atoms with Crippen molar-refractivity contribution in [1.29, 1.82) is 0 Å². The van der Waals surface area contributed by atoms with Gasteiger partial charge in [0, 0.05) is 46.3 Å². The molecule has 1 aliphatic carbocycles. The third-order valence-corrected chi connectivity index (χ3v) is 10.6. The minimum Gasteiger partial charge on any atom is -0.344 e. The fourth-order valence-corrected chi connectivity index (χ4v) is 7.66. The van der Waals surface area contributed by atoms with Gasteiger partial charge in [-0.25, -0.2) is 4.58 Å². The molecule has 1 aromatic rings. The Kier molecular flexibility index (Phi) is 12.5. The Labute approximate surface area is 275 Å². The van der Waals surface area contributed by atoms with E-state index in [0.717, 1.165) is 52.5 Å². The number of rotatable bonds is 13. The largest absolute Gasteiger partial charge is 0.344 e. The van der Waals surface area contributed by atoms with Gasteiger partial charge in [0.2, 0.25) is 0 Å². The zero-order chi connectivity index (χ0) is 33.6. The lowest BCUT2D eigenvalue weighted by atomic mass is 9.83. The highest BCUT2D eigenvalue weighted by molar-refractivity contribution is 7.86. The number of halogens is 1. The van der Waals surface area contributed by atoms with Crippen LogP contribution in [0.2, 0.25) is 0 Å². The topological polar surface area (TPSA) is 115 Å². The van der Waals surface area contributed by atoms with Crippen LogP contribution >= 0.6 is 11.6 Å². The Bertz CT molecular complexity index is 1610. The number of para-hydroxylation sites is 1. The summed E-state index contributed by atoms with van der Waals surface area (Å²) >= 11 is 7.03. The molecule has 2 aliphatic rings. The highest BCUT2D eigenvalue weighted by atomic mass is 35.5. The second-order valence-corrected chi connectivity index (χ2v) is 17.1. The molecule has 0 spiro atoms. The predicted octanol–water partition coefficient (Wildman–Crippen LogP) is 7.29. The van der Waals surface area contributed by atoms with E-state index in [-0.39, 0.29) is 22.3 Å². The maximum Gasteiger partial charge on any atom is 0.264 e. The van der Waals surface area contributed by atoms with Crippen LogP contribution in [0, 0.1) is 5.41 Å². The van der Waals surface area contributed by atoms with Gasteiger partial charge in [0.25, 0.3) is 20.2 Å². The molecule has 0 aromatic heterocycles. The van der Waals surface area contributed by atoms with Crippen molar-refractivity contribution in [3.05, 3.63) is 76.0 Å². The number of unbranched alkanes of at least 4 members (excludes halogenated alkanes) is 2. The van der Waals surface area contributed by atoms with Gasteiger partial charge in [-0.3, -0.25) is 9.11 Å². The molecule has 250 valence electrons. The molecule has 0 unspecified atom stereocenters. The molecule has 0 saturated heterocycles. The molecule has 0 radical (unpaired) electrons. The second-order valence-electron chi connectivity index (χ2n) is 13.6. The summed E-state index contributed by atoms with van der Waals surface area (Å²) in [6.07, 6.45) is 13.3. The first-order valence-corrected chi connectivity index (χ1v) is 19.3. The molecule has 0 fully saturated rings. The number of fused-ring (bicyclic) bond motifs is 1. The van der Waals surface area contributed by atoms with Crippen molar-refractivity contribution in [3.8, 4) is 0 Å². The van der Waals surface area contributed by atoms with E-state index < -0.39 is 20.2 Å². The summed E-state index contributed by atoms with van der Waals surface area (Å²) in [4.78, 5) is 2.26. The highest BCUT2D eigenvalue weighted by Crippen LogP contribution is 2.48. The minimum absolute atomic E-state index is 0.146. The summed E-state index contributed by atoms with van der Waals surface area (Å²) in [6, 6.07) is 8.29. The average molecular weight is 682 g/mol. The van der Waals surface area contributed by atoms with Gasteiger partial charge in [-0.1, -0.05) is 76.6 Å². The van der Waals surface area contributed by atoms with Crippen LogP contribution in [0.25, 0.3) is 0 Å². The van der Waals surface area contributed by atoms with Crippen LogP contribution in [0.3, 0.4) is 0 Å². The molecule has 0 saturated carbocycles. The van der Waals surface area contributed by atoms with E-state index in [9.17, 15) is 16.8 Å². The Morgan fingerprint density at radius 2 is 1.60 bits per heavy atom. The summed E-state index contributed by atoms with van der Waals surface area (Å²) < 4.78 is 65.0. The predicted molar refractivity (Wildman–Crippen MR) is 186 cm³/mol. The fourth-order valence-electron chi connectivity index (χ4n) is 6.21. The van der Waals surface area contributed by atoms with Crippen molar-refractivity contribution in [2.75, 3.05) is 36.5 Å². The Hall–Kier alpha value is -2.24. The van der Waals surface area contributed by atoms with E-state index in [4.69, 9.17) is 20.7 Å². The van der Waals surface area contributed by atoms with Gasteiger partial charge >= 0.3 is 0 Å². The van der Waals surface area contributed by atoms with Gasteiger partial charge in [0.1, 0.15) is 13.6 Å². The number of hydrogen-bond donors (Lipinski definition) is 2. The minimum atomic E-state index is -3.99. The first kappa shape index (κ1) is 37.2. The van der Waals surface area contributed by atoms with Crippen LogP contribution in [0.15, 0.2) is 70.4 Å². The molecule has 8 nitrogen and oxygen atoms in total. The summed E-state index contributed by atoms with van der Waals surface area (Å²) in [6.45, 7) is 12.1. The van der Waals surface area contributed by atoms with E-state index in [1.165, 1.54) is 5.56 Å². The maximum absolute atomic E-state index is 11.2. The van der Waals surface area contributed by atoms with Crippen molar-refractivity contribution in [2.24, 2.45) is 5.41 Å². The highest BCUT2D eigenvalue weighted by Gasteiger charge is 2.39. The molecule has 1 aliphatic heterocycles. The lowest BCUT2D eigenvalue weighted by Gasteiger charge is -2.27. The van der Waals surface area contributed by atoms with Crippen LogP contribution in [-0.2, 0) is 25.7 Å². The zero-order valence-electron chi connectivity index (χ0n) is 27.5. The first-order valence-electron chi connectivity index (χ1n) is 15.7. The van der Waals surface area contributed by atoms with Crippen LogP contribution < -0.4 is 4.90 Å². The summed E-state index contributed by atoms with van der Waals surface area (Å²) in [5, 5.41) is 0.756. The molecule has 0 atom stereocenters. The van der Waals surface area contributed by atoms with Crippen LogP contribution in [-0.4, -0.2) is 67.9 Å². The second kappa shape index (κ2) is 15.1. The summed E-state index contributed by atoms with van der Waals surface area (Å²) in [5.74, 6) is -0.478. The summed E-state index contributed by atoms with van der Waals surface area (Å²) in [5.41, 5.74) is 6.30. The van der Waals surface area contributed by atoms with Crippen molar-refractivity contribution in [1.82, 2.24) is 0 Å². The normalized spacial score (nSPS) is 20.0. The molecule has 1 heterocycles. The molecule has 45 heavy (non-hydrogen) atoms. The van der Waals surface area contributed by atoms with Crippen LogP contribution in [0.5, 0.6) is 0 Å². The van der Waals surface area contributed by atoms with Crippen molar-refractivity contribution in [2.45, 2.75) is 85.0 Å². The number of hydrogen-bond acceptors (Lipinski definition) is 5. The van der Waals surface area contributed by atoms with Crippen LogP contribution in [0.4, 0.5) is 5.69 Å². The smallest absolute Gasteiger partial charge is 0.264 e. The van der Waals surface area contributed by atoms with Crippen molar-refractivity contribution in [3.63, 3.8) is 0 Å². The van der Waals surface area contributed by atoms with Crippen molar-refractivity contribution < 1.29 is 30.5 Å². The number of benzene rings is 1. The van der Waals surface area contributed by atoms with E-state index >= 15 is 0 Å². The Morgan fingerprint density at radius 1 is 0.978 bits per heavy atom. The van der Waals surface area contributed by atoms with E-state index in [0.29, 0.717) is 38.8 Å². The number of anilines is 1. The monoisotopic (exact) mass is 681 g/mol. The third-order valence-electron chi connectivity index (χ3n) is 8.50. The Balaban J connectivity index is 1.89. The molecule has 0 bridgehead atoms. The van der Waals surface area contributed by atoms with E-state index in [2.05, 4.69) is 80.5 Å². The van der Waals surface area contributed by atoms with Crippen LogP contribution in [0.1, 0.15) is 85.1 Å². The van der Waals surface area contributed by atoms with E-state index in [1.807, 2.05) is 19.2 Å². The molecule has 0 amide bonds. The van der Waals surface area contributed by atoms with Gasteiger partial charge in [-0.15, -0.1) is 0 Å². The average Bonchev–Trinajstić information content (AvgIpc) is 3.13. The third kappa shape index (κ3) is 10.6. The molecule has 1 aromatic carbocycles. The number of nitrogens with zero attached hydrogens (tertiary/aromatic N) is 2. The number of allylic oxidation sites excluding steroid dienone is 8. The van der Waals surface area contributed by atoms with Gasteiger partial charge in [0.05, 0.1) is 11.5 Å². The fraction of sp³-hybridized carbons (Fsp3) is 0.559. The van der Waals surface area contributed by atoms with Gasteiger partial charge in [0.15, 0.2) is 5.71 Å².